The lowest BCUT2D eigenvalue weighted by Gasteiger charge is -2.33. The lowest BCUT2D eigenvalue weighted by Crippen LogP contribution is -2.46. The largest absolute Gasteiger partial charge is 0.338 e. The van der Waals surface area contributed by atoms with Gasteiger partial charge in [0.2, 0.25) is 11.8 Å². The standard InChI is InChI=1S/C17H20Cl2N4O4S/c1-28(25,26)10-15-21-16(27-22-15)9-23-7-3-2-4-14(23)17(24)20-11-5-6-12(18)13(19)8-11/h5-6,8,14H,2-4,7,9-10H2,1H3,(H,20,24)/t14-/m1/s1. The van der Waals surface area contributed by atoms with E-state index in [1.807, 2.05) is 4.90 Å². The molecular formula is C17H20Cl2N4O4S. The van der Waals surface area contributed by atoms with Gasteiger partial charge in [-0.15, -0.1) is 0 Å². The predicted molar refractivity (Wildman–Crippen MR) is 106 cm³/mol. The molecule has 8 nitrogen and oxygen atoms in total. The zero-order valence-corrected chi connectivity index (χ0v) is 17.5. The Morgan fingerprint density at radius 2 is 2.11 bits per heavy atom. The number of hydrogen-bond donors (Lipinski definition) is 1. The third-order valence-electron chi connectivity index (χ3n) is 4.34. The average molecular weight is 447 g/mol. The van der Waals surface area contributed by atoms with Gasteiger partial charge in [-0.3, -0.25) is 9.69 Å². The molecule has 0 spiro atoms. The van der Waals surface area contributed by atoms with Crippen molar-refractivity contribution in [2.45, 2.75) is 37.6 Å². The van der Waals surface area contributed by atoms with Crippen LogP contribution in [-0.4, -0.2) is 48.2 Å². The summed E-state index contributed by atoms with van der Waals surface area (Å²) in [4.78, 5) is 18.9. The van der Waals surface area contributed by atoms with Crippen molar-refractivity contribution in [3.05, 3.63) is 40.0 Å². The number of nitrogens with one attached hydrogen (secondary N) is 1. The zero-order valence-electron chi connectivity index (χ0n) is 15.2. The van der Waals surface area contributed by atoms with Crippen LogP contribution in [0.5, 0.6) is 0 Å². The van der Waals surface area contributed by atoms with E-state index in [2.05, 4.69) is 15.5 Å². The molecule has 3 rings (SSSR count). The maximum Gasteiger partial charge on any atom is 0.241 e. The van der Waals surface area contributed by atoms with Crippen LogP contribution in [0.2, 0.25) is 10.0 Å². The number of rotatable bonds is 6. The summed E-state index contributed by atoms with van der Waals surface area (Å²) in [6.45, 7) is 0.972. The summed E-state index contributed by atoms with van der Waals surface area (Å²) in [5.74, 6) is -0.0363. The van der Waals surface area contributed by atoms with Crippen molar-refractivity contribution in [2.75, 3.05) is 18.1 Å². The van der Waals surface area contributed by atoms with Gasteiger partial charge in [-0.25, -0.2) is 8.42 Å². The minimum Gasteiger partial charge on any atom is -0.338 e. The Balaban J connectivity index is 1.68. The van der Waals surface area contributed by atoms with Crippen LogP contribution < -0.4 is 5.32 Å². The van der Waals surface area contributed by atoms with Crippen molar-refractivity contribution in [3.63, 3.8) is 0 Å². The van der Waals surface area contributed by atoms with E-state index in [1.54, 1.807) is 18.2 Å². The van der Waals surface area contributed by atoms with Gasteiger partial charge in [-0.1, -0.05) is 34.8 Å². The summed E-state index contributed by atoms with van der Waals surface area (Å²) < 4.78 is 27.9. The van der Waals surface area contributed by atoms with Crippen LogP contribution in [0.15, 0.2) is 22.7 Å². The van der Waals surface area contributed by atoms with Crippen molar-refractivity contribution in [1.82, 2.24) is 15.0 Å². The summed E-state index contributed by atoms with van der Waals surface area (Å²) in [5, 5.41) is 7.35. The number of nitrogens with zero attached hydrogens (tertiary/aromatic N) is 3. The topological polar surface area (TPSA) is 105 Å². The molecule has 0 radical (unpaired) electrons. The number of aromatic nitrogens is 2. The number of piperidine rings is 1. The van der Waals surface area contributed by atoms with E-state index in [4.69, 9.17) is 27.7 Å². The van der Waals surface area contributed by atoms with Crippen LogP contribution in [0, 0.1) is 0 Å². The van der Waals surface area contributed by atoms with Crippen LogP contribution in [0.4, 0.5) is 5.69 Å². The number of halogens is 2. The monoisotopic (exact) mass is 446 g/mol. The number of anilines is 1. The Kier molecular flexibility index (Phi) is 6.59. The summed E-state index contributed by atoms with van der Waals surface area (Å²) in [7, 11) is -3.25. The van der Waals surface area contributed by atoms with E-state index >= 15 is 0 Å². The molecule has 0 aliphatic carbocycles. The molecule has 1 atom stereocenters. The number of sulfone groups is 1. The van der Waals surface area contributed by atoms with Gasteiger partial charge < -0.3 is 9.84 Å². The molecular weight excluding hydrogens is 427 g/mol. The van der Waals surface area contributed by atoms with E-state index in [9.17, 15) is 13.2 Å². The lowest BCUT2D eigenvalue weighted by atomic mass is 10.0. The predicted octanol–water partition coefficient (Wildman–Crippen LogP) is 2.91. The molecule has 1 fully saturated rings. The first-order valence-electron chi connectivity index (χ1n) is 8.70. The molecule has 0 saturated carbocycles. The fourth-order valence-electron chi connectivity index (χ4n) is 3.10. The van der Waals surface area contributed by atoms with Crippen molar-refractivity contribution >= 4 is 44.6 Å². The Hall–Kier alpha value is -1.68. The molecule has 0 bridgehead atoms. The minimum absolute atomic E-state index is 0.117. The first-order chi connectivity index (χ1) is 13.2. The van der Waals surface area contributed by atoms with Gasteiger partial charge in [0.15, 0.2) is 15.7 Å². The zero-order chi connectivity index (χ0) is 20.3. The molecule has 1 aliphatic heterocycles. The molecule has 152 valence electrons. The van der Waals surface area contributed by atoms with Gasteiger partial charge in [0.1, 0.15) is 5.75 Å². The number of carbonyl (C=O) groups is 1. The second-order valence-electron chi connectivity index (χ2n) is 6.77. The molecule has 1 aromatic carbocycles. The normalized spacial score (nSPS) is 18.2. The van der Waals surface area contributed by atoms with Gasteiger partial charge in [0.05, 0.1) is 22.6 Å². The number of hydrogen-bond acceptors (Lipinski definition) is 7. The fourth-order valence-corrected chi connectivity index (χ4v) is 3.98. The van der Waals surface area contributed by atoms with Crippen LogP contribution in [0.1, 0.15) is 31.0 Å². The van der Waals surface area contributed by atoms with Crippen molar-refractivity contribution in [1.29, 1.82) is 0 Å². The van der Waals surface area contributed by atoms with E-state index in [0.29, 0.717) is 28.7 Å². The van der Waals surface area contributed by atoms with E-state index in [0.717, 1.165) is 19.1 Å². The molecule has 1 amide bonds. The van der Waals surface area contributed by atoms with Crippen LogP contribution in [0.25, 0.3) is 0 Å². The molecule has 28 heavy (non-hydrogen) atoms. The van der Waals surface area contributed by atoms with Gasteiger partial charge in [-0.05, 0) is 37.6 Å². The highest BCUT2D eigenvalue weighted by Gasteiger charge is 2.30. The van der Waals surface area contributed by atoms with Gasteiger partial charge in [0, 0.05) is 11.9 Å². The first kappa shape index (κ1) is 21.0. The Morgan fingerprint density at radius 3 is 2.82 bits per heavy atom. The molecule has 2 aromatic rings. The highest BCUT2D eigenvalue weighted by molar-refractivity contribution is 7.89. The smallest absolute Gasteiger partial charge is 0.241 e. The summed E-state index contributed by atoms with van der Waals surface area (Å²) in [6.07, 6.45) is 3.68. The van der Waals surface area contributed by atoms with Crippen LogP contribution in [-0.2, 0) is 26.9 Å². The summed E-state index contributed by atoms with van der Waals surface area (Å²) >= 11 is 11.9. The highest BCUT2D eigenvalue weighted by Crippen LogP contribution is 2.26. The number of carbonyl (C=O) groups excluding carboxylic acids is 1. The summed E-state index contributed by atoms with van der Waals surface area (Å²) in [5.41, 5.74) is 0.568. The van der Waals surface area contributed by atoms with Gasteiger partial charge in [0.25, 0.3) is 0 Å². The van der Waals surface area contributed by atoms with E-state index in [-0.39, 0.29) is 36.0 Å². The maximum atomic E-state index is 12.8. The molecule has 1 N–H and O–H groups in total. The minimum atomic E-state index is -3.25. The molecule has 1 aromatic heterocycles. The van der Waals surface area contributed by atoms with Crippen molar-refractivity contribution in [2.24, 2.45) is 0 Å². The molecule has 1 saturated heterocycles. The third kappa shape index (κ3) is 5.66. The maximum absolute atomic E-state index is 12.8. The van der Waals surface area contributed by atoms with Gasteiger partial charge >= 0.3 is 0 Å². The lowest BCUT2D eigenvalue weighted by molar-refractivity contribution is -0.122. The molecule has 2 heterocycles. The third-order valence-corrected chi connectivity index (χ3v) is 5.86. The second-order valence-corrected chi connectivity index (χ2v) is 9.73. The number of benzene rings is 1. The Bertz CT molecular complexity index is 964. The average Bonchev–Trinajstić information content (AvgIpc) is 3.03. The molecule has 11 heteroatoms. The molecule has 1 aliphatic rings. The Labute approximate surface area is 173 Å². The van der Waals surface area contributed by atoms with Crippen LogP contribution >= 0.6 is 23.2 Å². The van der Waals surface area contributed by atoms with Crippen molar-refractivity contribution < 1.29 is 17.7 Å². The highest BCUT2D eigenvalue weighted by atomic mass is 35.5. The van der Waals surface area contributed by atoms with E-state index in [1.165, 1.54) is 0 Å². The first-order valence-corrected chi connectivity index (χ1v) is 11.5. The van der Waals surface area contributed by atoms with Crippen molar-refractivity contribution in [3.8, 4) is 0 Å². The van der Waals surface area contributed by atoms with E-state index < -0.39 is 9.84 Å². The number of amides is 1. The quantitative estimate of drug-likeness (QED) is 0.726. The van der Waals surface area contributed by atoms with Gasteiger partial charge in [-0.2, -0.15) is 4.98 Å². The summed E-state index contributed by atoms with van der Waals surface area (Å²) in [6, 6.07) is 4.55. The Morgan fingerprint density at radius 1 is 1.32 bits per heavy atom. The fraction of sp³-hybridized carbons (Fsp3) is 0.471. The number of likely N-dealkylation sites (tertiary alicyclic amines) is 1. The second kappa shape index (κ2) is 8.77. The SMILES string of the molecule is CS(=O)(=O)Cc1noc(CN2CCCC[C@@H]2C(=O)Nc2ccc(Cl)c(Cl)c2)n1. The molecule has 0 unspecified atom stereocenters. The van der Waals surface area contributed by atoms with Crippen LogP contribution in [0.3, 0.4) is 0 Å².